The summed E-state index contributed by atoms with van der Waals surface area (Å²) in [4.78, 5) is 11.4. The minimum atomic E-state index is -0.00648. The molecule has 0 amide bonds. The summed E-state index contributed by atoms with van der Waals surface area (Å²) in [5, 5.41) is 3.42. The molecule has 4 heteroatoms. The molecular formula is C14H20N2O2. The summed E-state index contributed by atoms with van der Waals surface area (Å²) in [6, 6.07) is 5.84. The molecule has 1 aromatic carbocycles. The molecule has 0 aliphatic carbocycles. The van der Waals surface area contributed by atoms with Gasteiger partial charge in [-0.15, -0.1) is 0 Å². The van der Waals surface area contributed by atoms with Crippen molar-refractivity contribution in [1.82, 2.24) is 0 Å². The molecule has 1 aromatic rings. The number of benzene rings is 1. The van der Waals surface area contributed by atoms with Crippen LogP contribution in [0.1, 0.15) is 30.6 Å². The number of carbonyl (C=O) groups is 1. The Labute approximate surface area is 108 Å². The Morgan fingerprint density at radius 1 is 1.56 bits per heavy atom. The van der Waals surface area contributed by atoms with Crippen molar-refractivity contribution in [3.63, 3.8) is 0 Å². The fraction of sp³-hybridized carbons (Fsp3) is 0.500. The zero-order chi connectivity index (χ0) is 13.1. The van der Waals surface area contributed by atoms with Crippen LogP contribution in [-0.2, 0) is 4.74 Å². The van der Waals surface area contributed by atoms with Gasteiger partial charge >= 0.3 is 0 Å². The van der Waals surface area contributed by atoms with Crippen LogP contribution >= 0.6 is 0 Å². The van der Waals surface area contributed by atoms with Gasteiger partial charge in [-0.1, -0.05) is 0 Å². The van der Waals surface area contributed by atoms with E-state index in [0.29, 0.717) is 23.2 Å². The van der Waals surface area contributed by atoms with Gasteiger partial charge < -0.3 is 15.8 Å². The number of rotatable bonds is 4. The van der Waals surface area contributed by atoms with E-state index in [4.69, 9.17) is 10.5 Å². The lowest BCUT2D eigenvalue weighted by molar-refractivity contribution is 0.101. The Bertz CT molecular complexity index is 439. The first-order valence-electron chi connectivity index (χ1n) is 6.32. The summed E-state index contributed by atoms with van der Waals surface area (Å²) < 4.78 is 5.38. The number of nitrogens with one attached hydrogen (secondary N) is 1. The molecule has 2 atom stereocenters. The van der Waals surface area contributed by atoms with Gasteiger partial charge in [0.05, 0.1) is 6.61 Å². The van der Waals surface area contributed by atoms with Gasteiger partial charge in [-0.3, -0.25) is 4.79 Å². The number of carbonyl (C=O) groups excluding carboxylic acids is 1. The van der Waals surface area contributed by atoms with Crippen molar-refractivity contribution in [3.05, 3.63) is 23.8 Å². The van der Waals surface area contributed by atoms with E-state index in [1.165, 1.54) is 6.92 Å². The van der Waals surface area contributed by atoms with E-state index in [2.05, 4.69) is 12.2 Å². The van der Waals surface area contributed by atoms with Crippen LogP contribution < -0.4 is 11.1 Å². The van der Waals surface area contributed by atoms with Crippen LogP contribution in [0.5, 0.6) is 0 Å². The molecule has 2 unspecified atom stereocenters. The van der Waals surface area contributed by atoms with E-state index < -0.39 is 0 Å². The lowest BCUT2D eigenvalue weighted by atomic mass is 10.00. The molecule has 2 rings (SSSR count). The van der Waals surface area contributed by atoms with E-state index >= 15 is 0 Å². The van der Waals surface area contributed by atoms with Crippen molar-refractivity contribution in [2.45, 2.75) is 26.3 Å². The van der Waals surface area contributed by atoms with Crippen LogP contribution in [0.3, 0.4) is 0 Å². The molecule has 0 spiro atoms. The first-order chi connectivity index (χ1) is 8.58. The highest BCUT2D eigenvalue weighted by atomic mass is 16.5. The van der Waals surface area contributed by atoms with Gasteiger partial charge in [-0.05, 0) is 38.5 Å². The number of nitrogen functional groups attached to an aromatic ring is 1. The highest BCUT2D eigenvalue weighted by molar-refractivity contribution is 6.00. The smallest absolute Gasteiger partial charge is 0.161 e. The number of hydrogen-bond donors (Lipinski definition) is 2. The van der Waals surface area contributed by atoms with E-state index in [9.17, 15) is 4.79 Å². The van der Waals surface area contributed by atoms with Crippen LogP contribution in [0, 0.1) is 5.92 Å². The first-order valence-corrected chi connectivity index (χ1v) is 6.32. The van der Waals surface area contributed by atoms with E-state index in [1.807, 2.05) is 12.1 Å². The molecule has 98 valence electrons. The van der Waals surface area contributed by atoms with Gasteiger partial charge in [-0.25, -0.2) is 0 Å². The molecule has 1 saturated heterocycles. The Kier molecular flexibility index (Phi) is 3.87. The number of Topliss-reactive ketones (excluding diaryl/α,β-unsaturated/α-hetero) is 1. The molecule has 1 fully saturated rings. The van der Waals surface area contributed by atoms with Gasteiger partial charge in [0.2, 0.25) is 0 Å². The Hall–Kier alpha value is -1.55. The number of ketones is 1. The van der Waals surface area contributed by atoms with Crippen molar-refractivity contribution in [1.29, 1.82) is 0 Å². The molecule has 18 heavy (non-hydrogen) atoms. The van der Waals surface area contributed by atoms with Crippen molar-refractivity contribution in [2.24, 2.45) is 5.92 Å². The SMILES string of the molecule is CC(=O)c1cc(NC(C)C2CCOC2)ccc1N. The van der Waals surface area contributed by atoms with E-state index in [0.717, 1.165) is 25.3 Å². The first kappa shape index (κ1) is 12.9. The fourth-order valence-corrected chi connectivity index (χ4v) is 2.28. The Balaban J connectivity index is 2.09. The average molecular weight is 248 g/mol. The third-order valence-electron chi connectivity index (χ3n) is 3.50. The van der Waals surface area contributed by atoms with Gasteiger partial charge in [-0.2, -0.15) is 0 Å². The Morgan fingerprint density at radius 2 is 2.33 bits per heavy atom. The third-order valence-corrected chi connectivity index (χ3v) is 3.50. The van der Waals surface area contributed by atoms with Crippen molar-refractivity contribution < 1.29 is 9.53 Å². The van der Waals surface area contributed by atoms with Crippen LogP contribution in [0.2, 0.25) is 0 Å². The zero-order valence-corrected chi connectivity index (χ0v) is 10.9. The predicted molar refractivity (Wildman–Crippen MR) is 72.9 cm³/mol. The normalized spacial score (nSPS) is 20.7. The molecule has 0 saturated carbocycles. The molecular weight excluding hydrogens is 228 g/mol. The summed E-state index contributed by atoms with van der Waals surface area (Å²) in [5.41, 5.74) is 7.82. The highest BCUT2D eigenvalue weighted by Crippen LogP contribution is 2.23. The zero-order valence-electron chi connectivity index (χ0n) is 10.9. The average Bonchev–Trinajstić information content (AvgIpc) is 2.85. The second-order valence-corrected chi connectivity index (χ2v) is 4.91. The largest absolute Gasteiger partial charge is 0.398 e. The summed E-state index contributed by atoms with van der Waals surface area (Å²) in [7, 11) is 0. The lowest BCUT2D eigenvalue weighted by Gasteiger charge is -2.21. The number of hydrogen-bond acceptors (Lipinski definition) is 4. The van der Waals surface area contributed by atoms with Crippen LogP contribution in [0.15, 0.2) is 18.2 Å². The second-order valence-electron chi connectivity index (χ2n) is 4.91. The van der Waals surface area contributed by atoms with Crippen molar-refractivity contribution >= 4 is 17.2 Å². The summed E-state index contributed by atoms with van der Waals surface area (Å²) in [6.07, 6.45) is 1.09. The van der Waals surface area contributed by atoms with Crippen molar-refractivity contribution in [2.75, 3.05) is 24.3 Å². The fourth-order valence-electron chi connectivity index (χ4n) is 2.28. The molecule has 1 heterocycles. The van der Waals surface area contributed by atoms with Crippen LogP contribution in [0.4, 0.5) is 11.4 Å². The summed E-state index contributed by atoms with van der Waals surface area (Å²) in [6.45, 7) is 5.33. The summed E-state index contributed by atoms with van der Waals surface area (Å²) in [5.74, 6) is 0.524. The minimum absolute atomic E-state index is 0.00648. The molecule has 0 aromatic heterocycles. The Morgan fingerprint density at radius 3 is 2.94 bits per heavy atom. The lowest BCUT2D eigenvalue weighted by Crippen LogP contribution is -2.26. The molecule has 1 aliphatic heterocycles. The quantitative estimate of drug-likeness (QED) is 0.634. The van der Waals surface area contributed by atoms with Crippen molar-refractivity contribution in [3.8, 4) is 0 Å². The van der Waals surface area contributed by atoms with Gasteiger partial charge in [0.1, 0.15) is 0 Å². The highest BCUT2D eigenvalue weighted by Gasteiger charge is 2.22. The maximum absolute atomic E-state index is 11.4. The van der Waals surface area contributed by atoms with Crippen LogP contribution in [0.25, 0.3) is 0 Å². The minimum Gasteiger partial charge on any atom is -0.398 e. The molecule has 1 aliphatic rings. The maximum Gasteiger partial charge on any atom is 0.161 e. The topological polar surface area (TPSA) is 64.3 Å². The van der Waals surface area contributed by atoms with Crippen LogP contribution in [-0.4, -0.2) is 25.0 Å². The monoisotopic (exact) mass is 248 g/mol. The number of anilines is 2. The predicted octanol–water partition coefficient (Wildman–Crippen LogP) is 2.31. The van der Waals surface area contributed by atoms with Gasteiger partial charge in [0, 0.05) is 35.5 Å². The van der Waals surface area contributed by atoms with E-state index in [-0.39, 0.29) is 5.78 Å². The van der Waals surface area contributed by atoms with Gasteiger partial charge in [0.15, 0.2) is 5.78 Å². The second kappa shape index (κ2) is 5.40. The summed E-state index contributed by atoms with van der Waals surface area (Å²) >= 11 is 0. The number of ether oxygens (including phenoxy) is 1. The molecule has 0 radical (unpaired) electrons. The van der Waals surface area contributed by atoms with E-state index in [1.54, 1.807) is 6.07 Å². The number of nitrogens with two attached hydrogens (primary N) is 1. The molecule has 4 nitrogen and oxygen atoms in total. The third kappa shape index (κ3) is 2.82. The van der Waals surface area contributed by atoms with Gasteiger partial charge in [0.25, 0.3) is 0 Å². The standard InChI is InChI=1S/C14H20N2O2/c1-9(11-5-6-18-8-11)16-12-3-4-14(15)13(7-12)10(2)17/h3-4,7,9,11,16H,5-6,8,15H2,1-2H3. The maximum atomic E-state index is 11.4. The molecule has 0 bridgehead atoms. The molecule has 3 N–H and O–H groups in total.